The fourth-order valence-corrected chi connectivity index (χ4v) is 2.52. The van der Waals surface area contributed by atoms with E-state index in [1.165, 1.54) is 29.2 Å². The lowest BCUT2D eigenvalue weighted by atomic mass is 10.1. The molecule has 0 fully saturated rings. The van der Waals surface area contributed by atoms with Crippen LogP contribution in [-0.4, -0.2) is 17.9 Å². The third-order valence-electron chi connectivity index (χ3n) is 3.83. The lowest BCUT2D eigenvalue weighted by Gasteiger charge is -2.14. The van der Waals surface area contributed by atoms with Gasteiger partial charge in [0.1, 0.15) is 17.3 Å². The standard InChI is InChI=1S/C19H16F3NO3/c1-12-6-7-15(25-12)11-23(2)18(24)17-9-8-16(26-17)13-4-3-5-14(10-13)19(20,21)22/h3-10H,11H2,1-2H3. The second kappa shape index (κ2) is 6.74. The van der Waals surface area contributed by atoms with Gasteiger partial charge in [0.25, 0.3) is 5.91 Å². The average molecular weight is 363 g/mol. The Kier molecular flexibility index (Phi) is 4.63. The molecule has 4 nitrogen and oxygen atoms in total. The predicted octanol–water partition coefficient (Wildman–Crippen LogP) is 5.14. The normalized spacial score (nSPS) is 11.6. The van der Waals surface area contributed by atoms with Crippen LogP contribution < -0.4 is 0 Å². The van der Waals surface area contributed by atoms with Crippen LogP contribution in [0.15, 0.2) is 57.4 Å². The smallest absolute Gasteiger partial charge is 0.416 e. The summed E-state index contributed by atoms with van der Waals surface area (Å²) in [4.78, 5) is 13.8. The van der Waals surface area contributed by atoms with Crippen molar-refractivity contribution in [3.05, 3.63) is 71.4 Å². The molecule has 1 amide bonds. The summed E-state index contributed by atoms with van der Waals surface area (Å²) >= 11 is 0. The minimum Gasteiger partial charge on any atom is -0.464 e. The van der Waals surface area contributed by atoms with Gasteiger partial charge in [-0.25, -0.2) is 0 Å². The Bertz CT molecular complexity index is 924. The predicted molar refractivity (Wildman–Crippen MR) is 88.4 cm³/mol. The topological polar surface area (TPSA) is 46.6 Å². The van der Waals surface area contributed by atoms with Crippen LogP contribution in [0.5, 0.6) is 0 Å². The Morgan fingerprint density at radius 3 is 2.50 bits per heavy atom. The molecule has 0 aliphatic heterocycles. The van der Waals surface area contributed by atoms with Gasteiger partial charge in [-0.15, -0.1) is 0 Å². The number of amides is 1. The zero-order chi connectivity index (χ0) is 18.9. The summed E-state index contributed by atoms with van der Waals surface area (Å²) in [6.45, 7) is 2.06. The third kappa shape index (κ3) is 3.82. The number of hydrogen-bond acceptors (Lipinski definition) is 3. The van der Waals surface area contributed by atoms with Crippen molar-refractivity contribution in [2.75, 3.05) is 7.05 Å². The molecular formula is C19H16F3NO3. The molecule has 0 saturated heterocycles. The molecule has 0 unspecified atom stereocenters. The number of furan rings is 2. The van der Waals surface area contributed by atoms with Crippen molar-refractivity contribution in [3.8, 4) is 11.3 Å². The molecule has 0 bridgehead atoms. The fourth-order valence-electron chi connectivity index (χ4n) is 2.52. The van der Waals surface area contributed by atoms with E-state index in [-0.39, 0.29) is 23.6 Å². The number of carbonyl (C=O) groups excluding carboxylic acids is 1. The molecule has 7 heteroatoms. The summed E-state index contributed by atoms with van der Waals surface area (Å²) < 4.78 is 49.4. The van der Waals surface area contributed by atoms with Gasteiger partial charge in [0, 0.05) is 12.6 Å². The maximum Gasteiger partial charge on any atom is 0.416 e. The van der Waals surface area contributed by atoms with E-state index in [2.05, 4.69) is 0 Å². The van der Waals surface area contributed by atoms with Crippen LogP contribution in [0, 0.1) is 6.92 Å². The quantitative estimate of drug-likeness (QED) is 0.645. The van der Waals surface area contributed by atoms with Gasteiger partial charge in [-0.1, -0.05) is 12.1 Å². The molecular weight excluding hydrogens is 347 g/mol. The van der Waals surface area contributed by atoms with Crippen LogP contribution in [0.1, 0.15) is 27.6 Å². The van der Waals surface area contributed by atoms with E-state index in [0.29, 0.717) is 5.76 Å². The van der Waals surface area contributed by atoms with E-state index in [0.717, 1.165) is 17.9 Å². The number of halogens is 3. The third-order valence-corrected chi connectivity index (χ3v) is 3.83. The number of benzene rings is 1. The van der Waals surface area contributed by atoms with Gasteiger partial charge in [0.05, 0.1) is 12.1 Å². The largest absolute Gasteiger partial charge is 0.464 e. The molecule has 0 saturated carbocycles. The second-order valence-electron chi connectivity index (χ2n) is 5.92. The molecule has 1 aromatic carbocycles. The summed E-state index contributed by atoms with van der Waals surface area (Å²) in [6, 6.07) is 11.3. The van der Waals surface area contributed by atoms with Gasteiger partial charge < -0.3 is 13.7 Å². The van der Waals surface area contributed by atoms with Crippen molar-refractivity contribution in [1.82, 2.24) is 4.90 Å². The summed E-state index contributed by atoms with van der Waals surface area (Å²) in [5.74, 6) is 1.22. The Morgan fingerprint density at radius 2 is 1.85 bits per heavy atom. The molecule has 26 heavy (non-hydrogen) atoms. The minimum absolute atomic E-state index is 0.0446. The molecule has 3 rings (SSSR count). The Hall–Kier alpha value is -2.96. The first-order chi connectivity index (χ1) is 12.2. The molecule has 0 spiro atoms. The van der Waals surface area contributed by atoms with E-state index >= 15 is 0 Å². The second-order valence-corrected chi connectivity index (χ2v) is 5.92. The first kappa shape index (κ1) is 17.8. The van der Waals surface area contributed by atoms with Crippen molar-refractivity contribution in [3.63, 3.8) is 0 Å². The summed E-state index contributed by atoms with van der Waals surface area (Å²) in [7, 11) is 1.59. The van der Waals surface area contributed by atoms with Crippen LogP contribution in [0.3, 0.4) is 0 Å². The van der Waals surface area contributed by atoms with Gasteiger partial charge in [-0.3, -0.25) is 4.79 Å². The van der Waals surface area contributed by atoms with Crippen molar-refractivity contribution in [2.24, 2.45) is 0 Å². The van der Waals surface area contributed by atoms with E-state index in [1.54, 1.807) is 26.1 Å². The molecule has 0 N–H and O–H groups in total. The number of alkyl halides is 3. The van der Waals surface area contributed by atoms with E-state index in [9.17, 15) is 18.0 Å². The van der Waals surface area contributed by atoms with Crippen molar-refractivity contribution in [1.29, 1.82) is 0 Å². The first-order valence-corrected chi connectivity index (χ1v) is 7.82. The van der Waals surface area contributed by atoms with Crippen molar-refractivity contribution in [2.45, 2.75) is 19.6 Å². The van der Waals surface area contributed by atoms with E-state index in [4.69, 9.17) is 8.83 Å². The minimum atomic E-state index is -4.44. The monoisotopic (exact) mass is 363 g/mol. The van der Waals surface area contributed by atoms with Crippen LogP contribution in [0.4, 0.5) is 13.2 Å². The molecule has 136 valence electrons. The Morgan fingerprint density at radius 1 is 1.08 bits per heavy atom. The highest BCUT2D eigenvalue weighted by Gasteiger charge is 2.30. The highest BCUT2D eigenvalue weighted by atomic mass is 19.4. The summed E-state index contributed by atoms with van der Waals surface area (Å²) in [5.41, 5.74) is -0.521. The van der Waals surface area contributed by atoms with Crippen LogP contribution in [0.25, 0.3) is 11.3 Å². The Balaban J connectivity index is 1.78. The number of aryl methyl sites for hydroxylation is 1. The maximum absolute atomic E-state index is 12.8. The maximum atomic E-state index is 12.8. The van der Waals surface area contributed by atoms with Gasteiger partial charge in [0.2, 0.25) is 0 Å². The number of carbonyl (C=O) groups is 1. The van der Waals surface area contributed by atoms with Gasteiger partial charge in [0.15, 0.2) is 5.76 Å². The van der Waals surface area contributed by atoms with E-state index in [1.807, 2.05) is 0 Å². The highest BCUT2D eigenvalue weighted by Crippen LogP contribution is 2.32. The van der Waals surface area contributed by atoms with Crippen LogP contribution >= 0.6 is 0 Å². The Labute approximate surface area is 147 Å². The van der Waals surface area contributed by atoms with Crippen LogP contribution in [0.2, 0.25) is 0 Å². The first-order valence-electron chi connectivity index (χ1n) is 7.82. The molecule has 0 aliphatic carbocycles. The average Bonchev–Trinajstić information content (AvgIpc) is 3.23. The summed E-state index contributed by atoms with van der Waals surface area (Å²) in [6.07, 6.45) is -4.44. The van der Waals surface area contributed by atoms with Gasteiger partial charge >= 0.3 is 6.18 Å². The number of rotatable bonds is 4. The van der Waals surface area contributed by atoms with Gasteiger partial charge in [-0.2, -0.15) is 13.2 Å². The van der Waals surface area contributed by atoms with Crippen molar-refractivity contribution < 1.29 is 26.8 Å². The molecule has 3 aromatic rings. The fraction of sp³-hybridized carbons (Fsp3) is 0.211. The van der Waals surface area contributed by atoms with Crippen molar-refractivity contribution >= 4 is 5.91 Å². The number of nitrogens with zero attached hydrogens (tertiary/aromatic N) is 1. The zero-order valence-electron chi connectivity index (χ0n) is 14.1. The lowest BCUT2D eigenvalue weighted by molar-refractivity contribution is -0.137. The highest BCUT2D eigenvalue weighted by molar-refractivity contribution is 5.91. The lowest BCUT2D eigenvalue weighted by Crippen LogP contribution is -2.25. The molecule has 0 atom stereocenters. The zero-order valence-corrected chi connectivity index (χ0v) is 14.1. The SMILES string of the molecule is Cc1ccc(CN(C)C(=O)c2ccc(-c3cccc(C(F)(F)F)c3)o2)o1. The summed E-state index contributed by atoms with van der Waals surface area (Å²) in [5, 5.41) is 0. The molecule has 2 heterocycles. The van der Waals surface area contributed by atoms with Gasteiger partial charge in [-0.05, 0) is 43.3 Å². The number of hydrogen-bond donors (Lipinski definition) is 0. The molecule has 2 aromatic heterocycles. The molecule has 0 radical (unpaired) electrons. The van der Waals surface area contributed by atoms with E-state index < -0.39 is 17.6 Å². The van der Waals surface area contributed by atoms with Crippen LogP contribution in [-0.2, 0) is 12.7 Å². The molecule has 0 aliphatic rings.